The number of hydrogen-bond acceptors (Lipinski definition) is 5. The van der Waals surface area contributed by atoms with Gasteiger partial charge in [-0.05, 0) is 16.8 Å². The molecule has 6 heteroatoms. The van der Waals surface area contributed by atoms with Crippen LogP contribution in [0.1, 0.15) is 26.7 Å². The van der Waals surface area contributed by atoms with Gasteiger partial charge in [0, 0.05) is 5.25 Å². The van der Waals surface area contributed by atoms with Gasteiger partial charge in [0.05, 0.1) is 13.2 Å². The van der Waals surface area contributed by atoms with Crippen molar-refractivity contribution in [3.63, 3.8) is 0 Å². The van der Waals surface area contributed by atoms with Crippen molar-refractivity contribution in [3.8, 4) is 0 Å². The predicted octanol–water partition coefficient (Wildman–Crippen LogP) is 0.946. The van der Waals surface area contributed by atoms with Gasteiger partial charge in [0.1, 0.15) is 0 Å². The Kier molecular flexibility index (Phi) is 4.89. The largest absolute Gasteiger partial charge is 0.394 e. The van der Waals surface area contributed by atoms with Gasteiger partial charge in [-0.1, -0.05) is 32.0 Å². The molecule has 0 spiro atoms. The Morgan fingerprint density at radius 2 is 2.36 bits per heavy atom. The first-order chi connectivity index (χ1) is 6.77. The third-order valence-electron chi connectivity index (χ3n) is 1.81. The molecule has 0 aliphatic rings. The van der Waals surface area contributed by atoms with Gasteiger partial charge in [-0.25, -0.2) is 4.68 Å². The molecule has 0 radical (unpaired) electrons. The zero-order chi connectivity index (χ0) is 10.4. The Labute approximate surface area is 87.9 Å². The third kappa shape index (κ3) is 3.26. The number of aromatic nitrogens is 4. The van der Waals surface area contributed by atoms with Crippen LogP contribution in [0.15, 0.2) is 5.16 Å². The van der Waals surface area contributed by atoms with Gasteiger partial charge in [-0.15, -0.1) is 5.10 Å². The van der Waals surface area contributed by atoms with E-state index in [0.717, 1.165) is 18.0 Å². The Morgan fingerprint density at radius 3 is 3.00 bits per heavy atom. The van der Waals surface area contributed by atoms with Crippen LogP contribution in [-0.4, -0.2) is 37.2 Å². The van der Waals surface area contributed by atoms with Gasteiger partial charge in [-0.3, -0.25) is 0 Å². The summed E-state index contributed by atoms with van der Waals surface area (Å²) in [5.41, 5.74) is 0. The van der Waals surface area contributed by atoms with Crippen molar-refractivity contribution in [2.45, 2.75) is 43.6 Å². The van der Waals surface area contributed by atoms with Crippen LogP contribution in [0.2, 0.25) is 0 Å². The lowest BCUT2D eigenvalue weighted by Crippen LogP contribution is -2.07. The van der Waals surface area contributed by atoms with E-state index in [1.807, 2.05) is 0 Å². The Balaban J connectivity index is 2.52. The molecule has 0 saturated heterocycles. The monoisotopic (exact) mass is 216 g/mol. The molecule has 5 nitrogen and oxygen atoms in total. The standard InChI is InChI=1S/C8H16N4OS/c1-3-4-7(2)14-8-9-10-11-12(8)5-6-13/h7,13H,3-6H2,1-2H3. The molecule has 1 rings (SSSR count). The fourth-order valence-electron chi connectivity index (χ4n) is 1.16. The van der Waals surface area contributed by atoms with Crippen molar-refractivity contribution in [1.29, 1.82) is 0 Å². The highest BCUT2D eigenvalue weighted by atomic mass is 32.2. The van der Waals surface area contributed by atoms with E-state index >= 15 is 0 Å². The van der Waals surface area contributed by atoms with Gasteiger partial charge in [-0.2, -0.15) is 0 Å². The molecule has 80 valence electrons. The molecule has 0 amide bonds. The predicted molar refractivity (Wildman–Crippen MR) is 55.1 cm³/mol. The fourth-order valence-corrected chi connectivity index (χ4v) is 2.21. The number of thioether (sulfide) groups is 1. The lowest BCUT2D eigenvalue weighted by atomic mass is 10.3. The molecular formula is C8H16N4OS. The van der Waals surface area contributed by atoms with Crippen molar-refractivity contribution in [2.75, 3.05) is 6.61 Å². The maximum Gasteiger partial charge on any atom is 0.209 e. The Hall–Kier alpha value is -0.620. The Bertz CT molecular complexity index is 266. The average molecular weight is 216 g/mol. The van der Waals surface area contributed by atoms with Crippen molar-refractivity contribution in [2.24, 2.45) is 0 Å². The first kappa shape index (κ1) is 11.5. The van der Waals surface area contributed by atoms with Gasteiger partial charge in [0.15, 0.2) is 0 Å². The van der Waals surface area contributed by atoms with E-state index in [9.17, 15) is 0 Å². The topological polar surface area (TPSA) is 63.8 Å². The van der Waals surface area contributed by atoms with Crippen LogP contribution in [0.3, 0.4) is 0 Å². The van der Waals surface area contributed by atoms with Crippen LogP contribution in [0, 0.1) is 0 Å². The molecule has 1 aromatic rings. The summed E-state index contributed by atoms with van der Waals surface area (Å²) >= 11 is 1.66. The van der Waals surface area contributed by atoms with E-state index in [2.05, 4.69) is 29.4 Å². The fraction of sp³-hybridized carbons (Fsp3) is 0.875. The number of rotatable bonds is 6. The molecule has 0 aliphatic carbocycles. The second-order valence-corrected chi connectivity index (χ2v) is 4.53. The van der Waals surface area contributed by atoms with E-state index in [0.29, 0.717) is 11.8 Å². The summed E-state index contributed by atoms with van der Waals surface area (Å²) in [6.07, 6.45) is 2.31. The Morgan fingerprint density at radius 1 is 1.57 bits per heavy atom. The molecule has 0 bridgehead atoms. The summed E-state index contributed by atoms with van der Waals surface area (Å²) in [7, 11) is 0. The molecule has 0 aromatic carbocycles. The molecular weight excluding hydrogens is 200 g/mol. The zero-order valence-electron chi connectivity index (χ0n) is 8.55. The smallest absolute Gasteiger partial charge is 0.209 e. The van der Waals surface area contributed by atoms with Gasteiger partial charge >= 0.3 is 0 Å². The number of hydrogen-bond donors (Lipinski definition) is 1. The molecule has 1 heterocycles. The first-order valence-electron chi connectivity index (χ1n) is 4.81. The second-order valence-electron chi connectivity index (χ2n) is 3.13. The minimum atomic E-state index is 0.0702. The third-order valence-corrected chi connectivity index (χ3v) is 2.95. The number of tetrazole rings is 1. The minimum absolute atomic E-state index is 0.0702. The zero-order valence-corrected chi connectivity index (χ0v) is 9.37. The van der Waals surface area contributed by atoms with Crippen molar-refractivity contribution in [1.82, 2.24) is 20.2 Å². The average Bonchev–Trinajstić information content (AvgIpc) is 2.54. The highest BCUT2D eigenvalue weighted by molar-refractivity contribution is 7.99. The molecule has 1 N–H and O–H groups in total. The van der Waals surface area contributed by atoms with Crippen molar-refractivity contribution < 1.29 is 5.11 Å². The molecule has 1 aromatic heterocycles. The summed E-state index contributed by atoms with van der Waals surface area (Å²) in [5.74, 6) is 0. The van der Waals surface area contributed by atoms with Crippen LogP contribution in [0.4, 0.5) is 0 Å². The van der Waals surface area contributed by atoms with Gasteiger partial charge < -0.3 is 5.11 Å². The van der Waals surface area contributed by atoms with Crippen molar-refractivity contribution in [3.05, 3.63) is 0 Å². The number of aliphatic hydroxyl groups excluding tert-OH is 1. The number of nitrogens with zero attached hydrogens (tertiary/aromatic N) is 4. The van der Waals surface area contributed by atoms with E-state index in [4.69, 9.17) is 5.11 Å². The molecule has 0 fully saturated rings. The van der Waals surface area contributed by atoms with Crippen LogP contribution in [-0.2, 0) is 6.54 Å². The van der Waals surface area contributed by atoms with Crippen LogP contribution in [0.25, 0.3) is 0 Å². The maximum absolute atomic E-state index is 8.77. The van der Waals surface area contributed by atoms with E-state index in [-0.39, 0.29) is 6.61 Å². The van der Waals surface area contributed by atoms with Crippen molar-refractivity contribution >= 4 is 11.8 Å². The van der Waals surface area contributed by atoms with Crippen LogP contribution >= 0.6 is 11.8 Å². The van der Waals surface area contributed by atoms with E-state index in [1.54, 1.807) is 16.4 Å². The quantitative estimate of drug-likeness (QED) is 0.717. The highest BCUT2D eigenvalue weighted by Gasteiger charge is 2.10. The van der Waals surface area contributed by atoms with Crippen LogP contribution < -0.4 is 0 Å². The van der Waals surface area contributed by atoms with E-state index in [1.165, 1.54) is 0 Å². The SMILES string of the molecule is CCCC(C)Sc1nnnn1CCO. The molecule has 0 aliphatic heterocycles. The van der Waals surface area contributed by atoms with Crippen LogP contribution in [0.5, 0.6) is 0 Å². The lowest BCUT2D eigenvalue weighted by molar-refractivity contribution is 0.262. The molecule has 0 saturated carbocycles. The minimum Gasteiger partial charge on any atom is -0.394 e. The molecule has 1 atom stereocenters. The first-order valence-corrected chi connectivity index (χ1v) is 5.69. The second kappa shape index (κ2) is 5.98. The molecule has 14 heavy (non-hydrogen) atoms. The normalized spacial score (nSPS) is 13.1. The summed E-state index contributed by atoms with van der Waals surface area (Å²) in [6, 6.07) is 0. The summed E-state index contributed by atoms with van der Waals surface area (Å²) < 4.78 is 1.64. The van der Waals surface area contributed by atoms with Gasteiger partial charge in [0.25, 0.3) is 0 Å². The lowest BCUT2D eigenvalue weighted by Gasteiger charge is -2.08. The number of aliphatic hydroxyl groups is 1. The summed E-state index contributed by atoms with van der Waals surface area (Å²) in [6.45, 7) is 4.86. The summed E-state index contributed by atoms with van der Waals surface area (Å²) in [5, 5.41) is 21.4. The van der Waals surface area contributed by atoms with E-state index < -0.39 is 0 Å². The maximum atomic E-state index is 8.77. The van der Waals surface area contributed by atoms with Gasteiger partial charge in [0.2, 0.25) is 5.16 Å². The highest BCUT2D eigenvalue weighted by Crippen LogP contribution is 2.22. The molecule has 1 unspecified atom stereocenters. The summed E-state index contributed by atoms with van der Waals surface area (Å²) in [4.78, 5) is 0.